The molecule has 0 amide bonds. The molecule has 2 aromatic rings. The van der Waals surface area contributed by atoms with E-state index in [2.05, 4.69) is 28.7 Å². The maximum Gasteiger partial charge on any atom is 0.266 e. The second kappa shape index (κ2) is 9.93. The molecule has 1 unspecified atom stereocenters. The van der Waals surface area contributed by atoms with Gasteiger partial charge in [0.05, 0.1) is 12.8 Å². The molecule has 2 rings (SSSR count). The van der Waals surface area contributed by atoms with Crippen LogP contribution in [0, 0.1) is 11.7 Å². The topological polar surface area (TPSA) is 58.2 Å². The Hall–Kier alpha value is -2.21. The van der Waals surface area contributed by atoms with E-state index < -0.39 is 0 Å². The molecule has 1 atom stereocenters. The van der Waals surface area contributed by atoms with Gasteiger partial charge in [-0.15, -0.1) is 0 Å². The number of aromatic amines is 1. The summed E-state index contributed by atoms with van der Waals surface area (Å²) in [5.41, 5.74) is 0.692. The van der Waals surface area contributed by atoms with Gasteiger partial charge in [-0.3, -0.25) is 9.78 Å². The Labute approximate surface area is 147 Å². The number of ether oxygens (including phenoxy) is 1. The zero-order valence-electron chi connectivity index (χ0n) is 14.9. The molecule has 1 heterocycles. The Kier molecular flexibility index (Phi) is 7.60. The molecule has 1 aromatic heterocycles. The Balaban J connectivity index is 1.71. The van der Waals surface area contributed by atoms with Crippen LogP contribution in [0.15, 0.2) is 41.5 Å². The molecule has 0 saturated heterocycles. The van der Waals surface area contributed by atoms with Crippen LogP contribution in [0.1, 0.15) is 26.0 Å². The Morgan fingerprint density at radius 2 is 2.16 bits per heavy atom. The lowest BCUT2D eigenvalue weighted by Gasteiger charge is -2.22. The predicted octanol–water partition coefficient (Wildman–Crippen LogP) is 2.88. The molecule has 5 nitrogen and oxygen atoms in total. The van der Waals surface area contributed by atoms with Crippen LogP contribution in [0.5, 0.6) is 5.75 Å². The second-order valence-electron chi connectivity index (χ2n) is 6.27. The fourth-order valence-electron chi connectivity index (χ4n) is 2.53. The summed E-state index contributed by atoms with van der Waals surface area (Å²) in [6.07, 6.45) is 4.74. The van der Waals surface area contributed by atoms with Crippen LogP contribution >= 0.6 is 0 Å². The fraction of sp³-hybridized carbons (Fsp3) is 0.474. The van der Waals surface area contributed by atoms with E-state index in [9.17, 15) is 9.18 Å². The molecular weight excluding hydrogens is 321 g/mol. The summed E-state index contributed by atoms with van der Waals surface area (Å²) in [6.45, 7) is 7.59. The molecule has 25 heavy (non-hydrogen) atoms. The lowest BCUT2D eigenvalue weighted by molar-refractivity contribution is 0.217. The lowest BCUT2D eigenvalue weighted by atomic mass is 10.1. The monoisotopic (exact) mass is 347 g/mol. The minimum absolute atomic E-state index is 0.163. The molecule has 0 aliphatic rings. The largest absolute Gasteiger partial charge is 0.493 e. The first-order valence-electron chi connectivity index (χ1n) is 8.70. The number of benzene rings is 1. The molecule has 0 radical (unpaired) electrons. The summed E-state index contributed by atoms with van der Waals surface area (Å²) >= 11 is 0. The summed E-state index contributed by atoms with van der Waals surface area (Å²) in [7, 11) is 0. The van der Waals surface area contributed by atoms with E-state index in [1.54, 1.807) is 18.3 Å². The van der Waals surface area contributed by atoms with Gasteiger partial charge in [0.15, 0.2) is 0 Å². The van der Waals surface area contributed by atoms with Gasteiger partial charge in [0.2, 0.25) is 0 Å². The average Bonchev–Trinajstić information content (AvgIpc) is 2.60. The molecule has 0 aliphatic carbocycles. The second-order valence-corrected chi connectivity index (χ2v) is 6.27. The van der Waals surface area contributed by atoms with Crippen molar-refractivity contribution in [3.63, 3.8) is 0 Å². The van der Waals surface area contributed by atoms with Crippen molar-refractivity contribution in [2.75, 3.05) is 26.2 Å². The number of nitrogens with zero attached hydrogens (tertiary/aromatic N) is 2. The van der Waals surface area contributed by atoms with Gasteiger partial charge in [-0.1, -0.05) is 19.9 Å². The SMILES string of the molecule is CCN(CCc1cncc(=O)[nH]1)CCC(C)COc1cccc(F)c1. The normalized spacial score (nSPS) is 12.3. The summed E-state index contributed by atoms with van der Waals surface area (Å²) < 4.78 is 18.8. The molecule has 136 valence electrons. The fourth-order valence-corrected chi connectivity index (χ4v) is 2.53. The third-order valence-corrected chi connectivity index (χ3v) is 4.12. The van der Waals surface area contributed by atoms with E-state index in [-0.39, 0.29) is 11.4 Å². The molecule has 0 bridgehead atoms. The van der Waals surface area contributed by atoms with Crippen LogP contribution in [0.2, 0.25) is 0 Å². The number of likely N-dealkylation sites (N-methyl/N-ethyl adjacent to an activating group) is 1. The van der Waals surface area contributed by atoms with Crippen molar-refractivity contribution >= 4 is 0 Å². The van der Waals surface area contributed by atoms with Crippen molar-refractivity contribution in [2.45, 2.75) is 26.7 Å². The van der Waals surface area contributed by atoms with E-state index in [4.69, 9.17) is 4.74 Å². The zero-order valence-corrected chi connectivity index (χ0v) is 14.9. The Morgan fingerprint density at radius 1 is 1.32 bits per heavy atom. The van der Waals surface area contributed by atoms with Crippen LogP contribution in [-0.2, 0) is 6.42 Å². The third kappa shape index (κ3) is 7.05. The number of aromatic nitrogens is 2. The molecular formula is C19H26FN3O2. The maximum atomic E-state index is 13.1. The molecule has 6 heteroatoms. The number of rotatable bonds is 10. The van der Waals surface area contributed by atoms with Gasteiger partial charge in [-0.25, -0.2) is 4.39 Å². The number of hydrogen-bond donors (Lipinski definition) is 1. The summed E-state index contributed by atoms with van der Waals surface area (Å²) in [5, 5.41) is 0. The number of H-pyrrole nitrogens is 1. The van der Waals surface area contributed by atoms with Crippen LogP contribution in [0.3, 0.4) is 0 Å². The predicted molar refractivity (Wildman–Crippen MR) is 96.4 cm³/mol. The highest BCUT2D eigenvalue weighted by molar-refractivity contribution is 5.22. The van der Waals surface area contributed by atoms with Crippen molar-refractivity contribution in [1.82, 2.24) is 14.9 Å². The number of hydrogen-bond acceptors (Lipinski definition) is 4. The van der Waals surface area contributed by atoms with Crippen LogP contribution < -0.4 is 10.3 Å². The van der Waals surface area contributed by atoms with Crippen molar-refractivity contribution in [3.05, 3.63) is 58.5 Å². The van der Waals surface area contributed by atoms with Crippen molar-refractivity contribution in [2.24, 2.45) is 5.92 Å². The lowest BCUT2D eigenvalue weighted by Crippen LogP contribution is -2.29. The van der Waals surface area contributed by atoms with E-state index in [1.165, 1.54) is 18.3 Å². The van der Waals surface area contributed by atoms with Crippen LogP contribution in [0.4, 0.5) is 4.39 Å². The van der Waals surface area contributed by atoms with Crippen LogP contribution in [0.25, 0.3) is 0 Å². The Bertz CT molecular complexity index is 705. The first-order valence-corrected chi connectivity index (χ1v) is 8.70. The number of halogens is 1. The summed E-state index contributed by atoms with van der Waals surface area (Å²) in [6, 6.07) is 6.23. The van der Waals surface area contributed by atoms with Crippen molar-refractivity contribution < 1.29 is 9.13 Å². The van der Waals surface area contributed by atoms with E-state index in [1.807, 2.05) is 0 Å². The van der Waals surface area contributed by atoms with Crippen molar-refractivity contribution in [1.29, 1.82) is 0 Å². The highest BCUT2D eigenvalue weighted by Gasteiger charge is 2.09. The molecule has 0 fully saturated rings. The van der Waals surface area contributed by atoms with Gasteiger partial charge in [-0.05, 0) is 37.6 Å². The highest BCUT2D eigenvalue weighted by atomic mass is 19.1. The van der Waals surface area contributed by atoms with Gasteiger partial charge in [0.1, 0.15) is 11.6 Å². The van der Waals surface area contributed by atoms with Gasteiger partial charge < -0.3 is 14.6 Å². The Morgan fingerprint density at radius 3 is 2.88 bits per heavy atom. The van der Waals surface area contributed by atoms with E-state index >= 15 is 0 Å². The smallest absolute Gasteiger partial charge is 0.266 e. The summed E-state index contributed by atoms with van der Waals surface area (Å²) in [5.74, 6) is 0.658. The number of nitrogens with one attached hydrogen (secondary N) is 1. The summed E-state index contributed by atoms with van der Waals surface area (Å²) in [4.78, 5) is 20.3. The van der Waals surface area contributed by atoms with Gasteiger partial charge in [0, 0.05) is 30.9 Å². The highest BCUT2D eigenvalue weighted by Crippen LogP contribution is 2.14. The standard InChI is InChI=1S/C19H26FN3O2/c1-3-23(10-8-17-12-21-13-19(24)22-17)9-7-15(2)14-25-18-6-4-5-16(20)11-18/h4-6,11-13,15H,3,7-10,14H2,1-2H3,(H,22,24). The first kappa shape index (κ1) is 19.1. The molecule has 1 aromatic carbocycles. The van der Waals surface area contributed by atoms with Gasteiger partial charge >= 0.3 is 0 Å². The van der Waals surface area contributed by atoms with Gasteiger partial charge in [-0.2, -0.15) is 0 Å². The zero-order chi connectivity index (χ0) is 18.1. The quantitative estimate of drug-likeness (QED) is 0.718. The van der Waals surface area contributed by atoms with Crippen LogP contribution in [-0.4, -0.2) is 41.1 Å². The third-order valence-electron chi connectivity index (χ3n) is 4.12. The van der Waals surface area contributed by atoms with E-state index in [0.29, 0.717) is 18.3 Å². The minimum Gasteiger partial charge on any atom is -0.493 e. The minimum atomic E-state index is -0.282. The van der Waals surface area contributed by atoms with E-state index in [0.717, 1.165) is 38.2 Å². The molecule has 0 aliphatic heterocycles. The van der Waals surface area contributed by atoms with Crippen molar-refractivity contribution in [3.8, 4) is 5.75 Å². The average molecular weight is 347 g/mol. The maximum absolute atomic E-state index is 13.1. The first-order chi connectivity index (χ1) is 12.1. The molecule has 0 saturated carbocycles. The molecule has 0 spiro atoms. The van der Waals surface area contributed by atoms with Gasteiger partial charge in [0.25, 0.3) is 5.56 Å². The molecule has 1 N–H and O–H groups in total.